The van der Waals surface area contributed by atoms with E-state index in [0.29, 0.717) is 12.1 Å². The highest BCUT2D eigenvalue weighted by Gasteiger charge is 2.15. The van der Waals surface area contributed by atoms with Crippen LogP contribution in [0, 0.1) is 0 Å². The normalized spacial score (nSPS) is 12.9. The predicted molar refractivity (Wildman–Crippen MR) is 74.2 cm³/mol. The van der Waals surface area contributed by atoms with Crippen molar-refractivity contribution in [2.24, 2.45) is 10.9 Å². The van der Waals surface area contributed by atoms with Crippen molar-refractivity contribution >= 4 is 15.7 Å². The van der Waals surface area contributed by atoms with Gasteiger partial charge in [0.05, 0.1) is 10.6 Å². The summed E-state index contributed by atoms with van der Waals surface area (Å²) in [5.41, 5.74) is 5.89. The molecule has 0 aliphatic carbocycles. The molecule has 0 amide bonds. The highest BCUT2D eigenvalue weighted by molar-refractivity contribution is 7.91. The van der Waals surface area contributed by atoms with Crippen LogP contribution in [0.3, 0.4) is 0 Å². The SMILES string of the molecule is CCN(C)CCS(=O)(=O)c1ccc(/C(N)=N/O)cc1. The van der Waals surface area contributed by atoms with Gasteiger partial charge in [-0.2, -0.15) is 0 Å². The van der Waals surface area contributed by atoms with Crippen molar-refractivity contribution in [3.63, 3.8) is 0 Å². The van der Waals surface area contributed by atoms with Crippen molar-refractivity contribution in [2.75, 3.05) is 25.9 Å². The van der Waals surface area contributed by atoms with Gasteiger partial charge in [-0.15, -0.1) is 0 Å². The highest BCUT2D eigenvalue weighted by Crippen LogP contribution is 2.12. The van der Waals surface area contributed by atoms with Crippen LogP contribution in [0.2, 0.25) is 0 Å². The van der Waals surface area contributed by atoms with E-state index < -0.39 is 9.84 Å². The van der Waals surface area contributed by atoms with Gasteiger partial charge in [0.1, 0.15) is 0 Å². The molecule has 7 heteroatoms. The number of amidine groups is 1. The number of sulfone groups is 1. The molecule has 19 heavy (non-hydrogen) atoms. The number of nitrogens with zero attached hydrogens (tertiary/aromatic N) is 2. The second kappa shape index (κ2) is 6.53. The second-order valence-corrected chi connectivity index (χ2v) is 6.33. The molecule has 3 N–H and O–H groups in total. The van der Waals surface area contributed by atoms with E-state index in [-0.39, 0.29) is 16.5 Å². The minimum Gasteiger partial charge on any atom is -0.409 e. The minimum absolute atomic E-state index is 0.0466. The lowest BCUT2D eigenvalue weighted by Gasteiger charge is -2.13. The number of rotatable bonds is 6. The van der Waals surface area contributed by atoms with Crippen LogP contribution in [0.5, 0.6) is 0 Å². The van der Waals surface area contributed by atoms with Gasteiger partial charge in [-0.05, 0) is 37.9 Å². The summed E-state index contributed by atoms with van der Waals surface area (Å²) < 4.78 is 24.1. The first-order valence-corrected chi connectivity index (χ1v) is 7.55. The van der Waals surface area contributed by atoms with Crippen LogP contribution in [-0.2, 0) is 9.84 Å². The van der Waals surface area contributed by atoms with Gasteiger partial charge in [-0.1, -0.05) is 12.1 Å². The molecule has 106 valence electrons. The topological polar surface area (TPSA) is 96.0 Å². The quantitative estimate of drug-likeness (QED) is 0.343. The number of oxime groups is 1. The summed E-state index contributed by atoms with van der Waals surface area (Å²) >= 11 is 0. The van der Waals surface area contributed by atoms with E-state index >= 15 is 0 Å². The van der Waals surface area contributed by atoms with Crippen molar-refractivity contribution in [3.05, 3.63) is 29.8 Å². The maximum atomic E-state index is 12.1. The van der Waals surface area contributed by atoms with Crippen molar-refractivity contribution in [2.45, 2.75) is 11.8 Å². The zero-order valence-electron chi connectivity index (χ0n) is 11.1. The Morgan fingerprint density at radius 1 is 1.37 bits per heavy atom. The number of benzene rings is 1. The van der Waals surface area contributed by atoms with Crippen molar-refractivity contribution in [3.8, 4) is 0 Å². The summed E-state index contributed by atoms with van der Waals surface area (Å²) in [6, 6.07) is 5.97. The molecule has 0 unspecified atom stereocenters. The molecule has 0 aromatic heterocycles. The Labute approximate surface area is 113 Å². The Hall–Kier alpha value is -1.60. The second-order valence-electron chi connectivity index (χ2n) is 4.22. The molecule has 1 aromatic rings. The number of hydrogen-bond acceptors (Lipinski definition) is 5. The molecule has 1 rings (SSSR count). The lowest BCUT2D eigenvalue weighted by molar-refractivity contribution is 0.318. The zero-order valence-corrected chi connectivity index (χ0v) is 11.9. The molecule has 0 atom stereocenters. The standard InChI is InChI=1S/C12H19N3O3S/c1-3-15(2)8-9-19(17,18)11-6-4-10(5-7-11)12(13)14-16/h4-7,16H,3,8-9H2,1-2H3,(H2,13,14). The van der Waals surface area contributed by atoms with E-state index in [0.717, 1.165) is 6.54 Å². The predicted octanol–water partition coefficient (Wildman–Crippen LogP) is 0.507. The van der Waals surface area contributed by atoms with Crippen LogP contribution in [0.15, 0.2) is 34.3 Å². The van der Waals surface area contributed by atoms with Crippen molar-refractivity contribution < 1.29 is 13.6 Å². The Kier molecular flexibility index (Phi) is 5.31. The molecule has 0 bridgehead atoms. The lowest BCUT2D eigenvalue weighted by Crippen LogP contribution is -2.25. The van der Waals surface area contributed by atoms with Crippen LogP contribution in [-0.4, -0.2) is 50.3 Å². The van der Waals surface area contributed by atoms with Crippen molar-refractivity contribution in [1.29, 1.82) is 0 Å². The molecule has 0 saturated heterocycles. The van der Waals surface area contributed by atoms with Gasteiger partial charge in [0.2, 0.25) is 0 Å². The molecule has 0 radical (unpaired) electrons. The number of nitrogens with two attached hydrogens (primary N) is 1. The average molecular weight is 285 g/mol. The van der Waals surface area contributed by atoms with Crippen LogP contribution in [0.25, 0.3) is 0 Å². The molecular formula is C12H19N3O3S. The smallest absolute Gasteiger partial charge is 0.179 e. The van der Waals surface area contributed by atoms with Gasteiger partial charge in [-0.3, -0.25) is 0 Å². The van der Waals surface area contributed by atoms with Crippen LogP contribution in [0.1, 0.15) is 12.5 Å². The van der Waals surface area contributed by atoms with Gasteiger partial charge in [0, 0.05) is 12.1 Å². The molecule has 0 fully saturated rings. The molecular weight excluding hydrogens is 266 g/mol. The highest BCUT2D eigenvalue weighted by atomic mass is 32.2. The van der Waals surface area contributed by atoms with Gasteiger partial charge in [-0.25, -0.2) is 8.42 Å². The molecule has 0 heterocycles. The molecule has 0 aliphatic rings. The third-order valence-electron chi connectivity index (χ3n) is 2.90. The molecule has 1 aromatic carbocycles. The summed E-state index contributed by atoms with van der Waals surface area (Å²) in [5, 5.41) is 11.4. The fourth-order valence-corrected chi connectivity index (χ4v) is 2.78. The van der Waals surface area contributed by atoms with E-state index in [1.807, 2.05) is 18.9 Å². The summed E-state index contributed by atoms with van der Waals surface area (Å²) in [6.45, 7) is 3.26. The van der Waals surface area contributed by atoms with E-state index in [1.54, 1.807) is 0 Å². The van der Waals surface area contributed by atoms with Crippen LogP contribution in [0.4, 0.5) is 0 Å². The monoisotopic (exact) mass is 285 g/mol. The van der Waals surface area contributed by atoms with Crippen LogP contribution < -0.4 is 5.73 Å². The first-order valence-electron chi connectivity index (χ1n) is 5.90. The largest absolute Gasteiger partial charge is 0.409 e. The minimum atomic E-state index is -3.30. The molecule has 0 saturated carbocycles. The van der Waals surface area contributed by atoms with E-state index in [4.69, 9.17) is 10.9 Å². The summed E-state index contributed by atoms with van der Waals surface area (Å²) in [7, 11) is -1.43. The first kappa shape index (κ1) is 15.5. The fourth-order valence-electron chi connectivity index (χ4n) is 1.44. The maximum Gasteiger partial charge on any atom is 0.179 e. The van der Waals surface area contributed by atoms with Gasteiger partial charge < -0.3 is 15.8 Å². The third-order valence-corrected chi connectivity index (χ3v) is 4.61. The summed E-state index contributed by atoms with van der Waals surface area (Å²) in [4.78, 5) is 2.17. The number of hydrogen-bond donors (Lipinski definition) is 2. The Balaban J connectivity index is 2.85. The molecule has 6 nitrogen and oxygen atoms in total. The average Bonchev–Trinajstić information content (AvgIpc) is 2.44. The summed E-state index contributed by atoms with van der Waals surface area (Å²) in [6.07, 6.45) is 0. The fraction of sp³-hybridized carbons (Fsp3) is 0.417. The van der Waals surface area contributed by atoms with Crippen LogP contribution >= 0.6 is 0 Å². The summed E-state index contributed by atoms with van der Waals surface area (Å²) in [5.74, 6) is 0.0231. The van der Waals surface area contributed by atoms with E-state index in [1.165, 1.54) is 24.3 Å². The van der Waals surface area contributed by atoms with E-state index in [9.17, 15) is 8.42 Å². The van der Waals surface area contributed by atoms with E-state index in [2.05, 4.69) is 5.16 Å². The first-order chi connectivity index (χ1) is 8.90. The lowest BCUT2D eigenvalue weighted by atomic mass is 10.2. The van der Waals surface area contributed by atoms with Gasteiger partial charge >= 0.3 is 0 Å². The van der Waals surface area contributed by atoms with Crippen molar-refractivity contribution in [1.82, 2.24) is 4.90 Å². The zero-order chi connectivity index (χ0) is 14.5. The third kappa shape index (κ3) is 4.22. The Bertz CT molecular complexity index is 538. The maximum absolute atomic E-state index is 12.1. The molecule has 0 aliphatic heterocycles. The Morgan fingerprint density at radius 3 is 2.42 bits per heavy atom. The van der Waals surface area contributed by atoms with Gasteiger partial charge in [0.15, 0.2) is 15.7 Å². The van der Waals surface area contributed by atoms with Gasteiger partial charge in [0.25, 0.3) is 0 Å². The molecule has 0 spiro atoms. The Morgan fingerprint density at radius 2 is 1.95 bits per heavy atom.